The number of Topliss-reactive ketones (excluding diaryl/α,β-unsaturated/α-hetero) is 2. The van der Waals surface area contributed by atoms with Crippen molar-refractivity contribution in [3.63, 3.8) is 0 Å². The second kappa shape index (κ2) is 3.27. The van der Waals surface area contributed by atoms with Crippen LogP contribution in [-0.4, -0.2) is 22.3 Å². The van der Waals surface area contributed by atoms with E-state index in [-0.39, 0.29) is 23.9 Å². The second-order valence-electron chi connectivity index (χ2n) is 4.64. The Morgan fingerprint density at radius 1 is 1.47 bits per heavy atom. The largest absolute Gasteiger partial charge is 0.378 e. The van der Waals surface area contributed by atoms with Gasteiger partial charge in [-0.2, -0.15) is 0 Å². The molecular weight excluding hydrogens is 192 g/mol. The van der Waals surface area contributed by atoms with Crippen LogP contribution in [-0.2, 0) is 9.59 Å². The fourth-order valence-corrected chi connectivity index (χ4v) is 2.37. The van der Waals surface area contributed by atoms with Crippen molar-refractivity contribution in [3.8, 4) is 0 Å². The molecule has 2 saturated carbocycles. The van der Waals surface area contributed by atoms with Crippen LogP contribution in [0.5, 0.6) is 0 Å². The van der Waals surface area contributed by atoms with Gasteiger partial charge in [-0.25, -0.2) is 0 Å². The molecule has 0 heterocycles. The molecule has 2 aliphatic carbocycles. The fraction of sp³-hybridized carbons (Fsp3) is 0.667. The van der Waals surface area contributed by atoms with Crippen LogP contribution in [0.3, 0.4) is 0 Å². The number of ketones is 2. The summed E-state index contributed by atoms with van der Waals surface area (Å²) in [4.78, 5) is 23.8. The molecule has 0 bridgehead atoms. The highest BCUT2D eigenvalue weighted by Gasteiger charge is 2.53. The highest BCUT2D eigenvalue weighted by molar-refractivity contribution is 6.12. The van der Waals surface area contributed by atoms with E-state index >= 15 is 0 Å². The van der Waals surface area contributed by atoms with Crippen molar-refractivity contribution in [2.75, 3.05) is 0 Å². The Balaban J connectivity index is 2.32. The number of aliphatic hydroxyl groups is 1. The van der Waals surface area contributed by atoms with E-state index in [4.69, 9.17) is 0 Å². The van der Waals surface area contributed by atoms with Crippen LogP contribution in [0.15, 0.2) is 12.2 Å². The van der Waals surface area contributed by atoms with Crippen LogP contribution in [0.1, 0.15) is 32.6 Å². The minimum atomic E-state index is -1.44. The minimum absolute atomic E-state index is 0.0503. The van der Waals surface area contributed by atoms with E-state index in [2.05, 4.69) is 6.58 Å². The standard InChI is InChI=1S/C12H16O3/c1-3-12(15)7(2)6-9(13)10(11(12)14)8-4-5-8/h8,10,15H,2-6H2,1H3. The average Bonchev–Trinajstić information content (AvgIpc) is 2.98. The lowest BCUT2D eigenvalue weighted by Gasteiger charge is -2.35. The first-order valence-corrected chi connectivity index (χ1v) is 5.48. The van der Waals surface area contributed by atoms with Gasteiger partial charge in [0.1, 0.15) is 11.4 Å². The molecule has 0 aromatic carbocycles. The van der Waals surface area contributed by atoms with E-state index in [9.17, 15) is 14.7 Å². The van der Waals surface area contributed by atoms with Crippen LogP contribution in [0.2, 0.25) is 0 Å². The molecule has 0 aliphatic heterocycles. The van der Waals surface area contributed by atoms with Gasteiger partial charge in [0.15, 0.2) is 5.78 Å². The Labute approximate surface area is 89.2 Å². The summed E-state index contributed by atoms with van der Waals surface area (Å²) in [5.74, 6) is -0.726. The van der Waals surface area contributed by atoms with E-state index < -0.39 is 11.5 Å². The van der Waals surface area contributed by atoms with Gasteiger partial charge in [-0.3, -0.25) is 9.59 Å². The lowest BCUT2D eigenvalue weighted by molar-refractivity contribution is -0.148. The summed E-state index contributed by atoms with van der Waals surface area (Å²) in [7, 11) is 0. The highest BCUT2D eigenvalue weighted by Crippen LogP contribution is 2.45. The van der Waals surface area contributed by atoms with Crippen LogP contribution < -0.4 is 0 Å². The molecule has 1 N–H and O–H groups in total. The topological polar surface area (TPSA) is 54.4 Å². The average molecular weight is 208 g/mol. The number of carbonyl (C=O) groups is 2. The second-order valence-corrected chi connectivity index (χ2v) is 4.64. The van der Waals surface area contributed by atoms with Crippen molar-refractivity contribution in [3.05, 3.63) is 12.2 Å². The summed E-state index contributed by atoms with van der Waals surface area (Å²) in [6.07, 6.45) is 2.36. The molecule has 2 rings (SSSR count). The van der Waals surface area contributed by atoms with Gasteiger partial charge in [0.25, 0.3) is 0 Å². The normalized spacial score (nSPS) is 37.2. The number of rotatable bonds is 2. The Morgan fingerprint density at radius 3 is 2.53 bits per heavy atom. The summed E-state index contributed by atoms with van der Waals surface area (Å²) in [5, 5.41) is 10.2. The molecule has 3 heteroatoms. The third-order valence-electron chi connectivity index (χ3n) is 3.61. The monoisotopic (exact) mass is 208 g/mol. The molecule has 2 aliphatic rings. The molecule has 0 amide bonds. The van der Waals surface area contributed by atoms with Crippen molar-refractivity contribution < 1.29 is 14.7 Å². The molecule has 2 fully saturated rings. The zero-order valence-electron chi connectivity index (χ0n) is 8.95. The summed E-state index contributed by atoms with van der Waals surface area (Å²) in [5.41, 5.74) is -1.07. The summed E-state index contributed by atoms with van der Waals surface area (Å²) in [6, 6.07) is 0. The fourth-order valence-electron chi connectivity index (χ4n) is 2.37. The summed E-state index contributed by atoms with van der Waals surface area (Å²) in [6.45, 7) is 5.41. The van der Waals surface area contributed by atoms with E-state index in [1.54, 1.807) is 6.92 Å². The molecule has 0 spiro atoms. The predicted octanol–water partition coefficient (Wildman–Crippen LogP) is 1.25. The van der Waals surface area contributed by atoms with Gasteiger partial charge in [-0.05, 0) is 30.8 Å². The van der Waals surface area contributed by atoms with Crippen LogP contribution in [0, 0.1) is 11.8 Å². The van der Waals surface area contributed by atoms with E-state index in [0.717, 1.165) is 12.8 Å². The molecular formula is C12H16O3. The van der Waals surface area contributed by atoms with E-state index in [1.165, 1.54) is 0 Å². The van der Waals surface area contributed by atoms with Gasteiger partial charge in [-0.15, -0.1) is 0 Å². The van der Waals surface area contributed by atoms with Gasteiger partial charge in [0.05, 0.1) is 5.92 Å². The zero-order valence-corrected chi connectivity index (χ0v) is 8.95. The first-order chi connectivity index (χ1) is 7.00. The van der Waals surface area contributed by atoms with E-state index in [0.29, 0.717) is 12.0 Å². The Morgan fingerprint density at radius 2 is 2.07 bits per heavy atom. The smallest absolute Gasteiger partial charge is 0.179 e. The Bertz CT molecular complexity index is 341. The lowest BCUT2D eigenvalue weighted by atomic mass is 9.70. The number of hydrogen-bond donors (Lipinski definition) is 1. The molecule has 2 atom stereocenters. The maximum absolute atomic E-state index is 12.0. The molecule has 3 nitrogen and oxygen atoms in total. The third-order valence-corrected chi connectivity index (χ3v) is 3.61. The van der Waals surface area contributed by atoms with Crippen molar-refractivity contribution >= 4 is 11.6 Å². The van der Waals surface area contributed by atoms with Crippen molar-refractivity contribution in [1.82, 2.24) is 0 Å². The SMILES string of the molecule is C=C1CC(=O)C(C2CC2)C(=O)C1(O)CC. The Kier molecular flexibility index (Phi) is 2.30. The first kappa shape index (κ1) is 10.6. The van der Waals surface area contributed by atoms with Gasteiger partial charge < -0.3 is 5.11 Å². The minimum Gasteiger partial charge on any atom is -0.378 e. The molecule has 82 valence electrons. The van der Waals surface area contributed by atoms with Gasteiger partial charge in [0, 0.05) is 6.42 Å². The molecule has 0 saturated heterocycles. The van der Waals surface area contributed by atoms with Gasteiger partial charge in [0.2, 0.25) is 0 Å². The lowest BCUT2D eigenvalue weighted by Crippen LogP contribution is -2.51. The highest BCUT2D eigenvalue weighted by atomic mass is 16.3. The first-order valence-electron chi connectivity index (χ1n) is 5.48. The molecule has 0 aromatic heterocycles. The summed E-state index contributed by atoms with van der Waals surface area (Å²) >= 11 is 0. The quantitative estimate of drug-likeness (QED) is 0.549. The van der Waals surface area contributed by atoms with Crippen molar-refractivity contribution in [2.45, 2.75) is 38.2 Å². The summed E-state index contributed by atoms with van der Waals surface area (Å²) < 4.78 is 0. The zero-order chi connectivity index (χ0) is 11.2. The maximum atomic E-state index is 12.0. The van der Waals surface area contributed by atoms with Crippen LogP contribution >= 0.6 is 0 Å². The number of hydrogen-bond acceptors (Lipinski definition) is 3. The third kappa shape index (κ3) is 1.46. The van der Waals surface area contributed by atoms with Crippen LogP contribution in [0.25, 0.3) is 0 Å². The predicted molar refractivity (Wildman–Crippen MR) is 55.2 cm³/mol. The van der Waals surface area contributed by atoms with Gasteiger partial charge >= 0.3 is 0 Å². The Hall–Kier alpha value is -0.960. The molecule has 0 radical (unpaired) electrons. The maximum Gasteiger partial charge on any atom is 0.179 e. The molecule has 2 unspecified atom stereocenters. The van der Waals surface area contributed by atoms with Gasteiger partial charge in [-0.1, -0.05) is 13.5 Å². The number of carbonyl (C=O) groups excluding carboxylic acids is 2. The van der Waals surface area contributed by atoms with Crippen LogP contribution in [0.4, 0.5) is 0 Å². The van der Waals surface area contributed by atoms with Crippen molar-refractivity contribution in [1.29, 1.82) is 0 Å². The van der Waals surface area contributed by atoms with Crippen molar-refractivity contribution in [2.24, 2.45) is 11.8 Å². The van der Waals surface area contributed by atoms with E-state index in [1.807, 2.05) is 0 Å². The molecule has 15 heavy (non-hydrogen) atoms. The molecule has 0 aromatic rings.